The molecule has 0 saturated heterocycles. The average molecular weight is 389 g/mol. The first kappa shape index (κ1) is 21.8. The highest BCUT2D eigenvalue weighted by Gasteiger charge is 2.30. The monoisotopic (exact) mass is 388 g/mol. The number of rotatable bonds is 6. The number of hydrogen-bond acceptors (Lipinski definition) is 3. The summed E-state index contributed by atoms with van der Waals surface area (Å²) in [6, 6.07) is 15.0. The Hall–Kier alpha value is -2.25. The molecule has 0 radical (unpaired) electrons. The van der Waals surface area contributed by atoms with Crippen molar-refractivity contribution in [1.82, 2.24) is 5.32 Å². The Morgan fingerprint density at radius 3 is 2.19 bits per heavy atom. The Morgan fingerprint density at radius 1 is 1.08 bits per heavy atom. The van der Waals surface area contributed by atoms with Gasteiger partial charge in [-0.25, -0.2) is 0 Å². The molecule has 26 heavy (non-hydrogen) atoms. The Kier molecular flexibility index (Phi) is 7.47. The molecule has 0 fully saturated rings. The molecule has 0 aliphatic rings. The van der Waals surface area contributed by atoms with Crippen molar-refractivity contribution in [3.63, 3.8) is 0 Å². The highest BCUT2D eigenvalue weighted by atomic mass is 35.5. The number of nitrogens with one attached hydrogen (secondary N) is 1. The summed E-state index contributed by atoms with van der Waals surface area (Å²) in [6.45, 7) is 0.482. The van der Waals surface area contributed by atoms with Gasteiger partial charge in [0.15, 0.2) is 6.61 Å². The Morgan fingerprint density at radius 2 is 1.65 bits per heavy atom. The fourth-order valence-corrected chi connectivity index (χ4v) is 2.15. The highest BCUT2D eigenvalue weighted by molar-refractivity contribution is 5.87. The van der Waals surface area contributed by atoms with E-state index in [-0.39, 0.29) is 30.6 Å². The van der Waals surface area contributed by atoms with Crippen LogP contribution in [0.1, 0.15) is 18.1 Å². The summed E-state index contributed by atoms with van der Waals surface area (Å²) >= 11 is 0. The van der Waals surface area contributed by atoms with E-state index >= 15 is 0 Å². The van der Waals surface area contributed by atoms with Crippen molar-refractivity contribution in [2.24, 2.45) is 5.73 Å². The van der Waals surface area contributed by atoms with Crippen molar-refractivity contribution in [2.75, 3.05) is 6.61 Å². The normalized spacial score (nSPS) is 13.3. The van der Waals surface area contributed by atoms with Gasteiger partial charge in [-0.05, 0) is 30.2 Å². The number of carbonyl (C=O) groups excluding carboxylic acids is 1. The van der Waals surface area contributed by atoms with Gasteiger partial charge in [0.1, 0.15) is 11.3 Å². The van der Waals surface area contributed by atoms with Crippen molar-refractivity contribution < 1.29 is 22.7 Å². The molecule has 142 valence electrons. The Labute approximate surface area is 155 Å². The minimum Gasteiger partial charge on any atom is -0.484 e. The molecular formula is C18H20ClF3N2O2. The van der Waals surface area contributed by atoms with Crippen LogP contribution in [0, 0.1) is 0 Å². The maximum absolute atomic E-state index is 12.3. The summed E-state index contributed by atoms with van der Waals surface area (Å²) < 4.78 is 40.9. The molecule has 1 amide bonds. The first-order chi connectivity index (χ1) is 11.7. The zero-order valence-electron chi connectivity index (χ0n) is 14.0. The van der Waals surface area contributed by atoms with Gasteiger partial charge >= 0.3 is 6.18 Å². The number of carbonyl (C=O) groups is 1. The molecule has 0 bridgehead atoms. The van der Waals surface area contributed by atoms with Gasteiger partial charge in [-0.15, -0.1) is 12.4 Å². The van der Waals surface area contributed by atoms with E-state index in [1.54, 1.807) is 43.3 Å². The molecule has 1 unspecified atom stereocenters. The predicted molar refractivity (Wildman–Crippen MR) is 95.1 cm³/mol. The van der Waals surface area contributed by atoms with Crippen LogP contribution in [0.25, 0.3) is 0 Å². The zero-order chi connectivity index (χ0) is 18.5. The minimum atomic E-state index is -4.38. The van der Waals surface area contributed by atoms with Crippen LogP contribution < -0.4 is 15.8 Å². The quantitative estimate of drug-likeness (QED) is 0.795. The number of amides is 1. The molecule has 2 aromatic rings. The van der Waals surface area contributed by atoms with Gasteiger partial charge in [-0.3, -0.25) is 4.79 Å². The van der Waals surface area contributed by atoms with Gasteiger partial charge < -0.3 is 15.8 Å². The first-order valence-electron chi connectivity index (χ1n) is 7.60. The summed E-state index contributed by atoms with van der Waals surface area (Å²) in [6.07, 6.45) is -4.38. The van der Waals surface area contributed by atoms with E-state index in [1.165, 1.54) is 12.1 Å². The molecule has 3 N–H and O–H groups in total. The van der Waals surface area contributed by atoms with Gasteiger partial charge in [0.05, 0.1) is 0 Å². The van der Waals surface area contributed by atoms with E-state index in [0.29, 0.717) is 5.56 Å². The van der Waals surface area contributed by atoms with Crippen LogP contribution in [0.3, 0.4) is 0 Å². The van der Waals surface area contributed by atoms with Crippen LogP contribution in [0.2, 0.25) is 0 Å². The lowest BCUT2D eigenvalue weighted by Crippen LogP contribution is -2.48. The van der Waals surface area contributed by atoms with Crippen LogP contribution in [-0.2, 0) is 16.9 Å². The fourth-order valence-electron chi connectivity index (χ4n) is 2.15. The van der Waals surface area contributed by atoms with E-state index in [0.717, 1.165) is 5.56 Å². The van der Waals surface area contributed by atoms with Crippen LogP contribution in [0.15, 0.2) is 54.6 Å². The van der Waals surface area contributed by atoms with Gasteiger partial charge in [0.25, 0.3) is 0 Å². The topological polar surface area (TPSA) is 64.4 Å². The lowest BCUT2D eigenvalue weighted by Gasteiger charge is -2.24. The Bertz CT molecular complexity index is 705. The van der Waals surface area contributed by atoms with E-state index in [4.69, 9.17) is 5.73 Å². The van der Waals surface area contributed by atoms with Crippen molar-refractivity contribution in [1.29, 1.82) is 0 Å². The largest absolute Gasteiger partial charge is 0.484 e. The standard InChI is InChI=1S/C18H19F3N2O2.ClH/c1-17(22,14-5-3-2-4-6-14)16(24)23-11-13-7-9-15(10-8-13)25-12-18(19,20)21;/h2-10H,11-12,22H2,1H3,(H,23,24);1H. The summed E-state index contributed by atoms with van der Waals surface area (Å²) in [5, 5.41) is 2.73. The fraction of sp³-hybridized carbons (Fsp3) is 0.278. The second-order valence-electron chi connectivity index (χ2n) is 5.80. The maximum atomic E-state index is 12.3. The van der Waals surface area contributed by atoms with Gasteiger partial charge in [-0.1, -0.05) is 42.5 Å². The van der Waals surface area contributed by atoms with E-state index in [2.05, 4.69) is 10.1 Å². The van der Waals surface area contributed by atoms with Crippen molar-refractivity contribution in [2.45, 2.75) is 25.2 Å². The maximum Gasteiger partial charge on any atom is 0.422 e. The molecule has 0 saturated carbocycles. The third-order valence-electron chi connectivity index (χ3n) is 3.62. The number of alkyl halides is 3. The molecule has 0 heterocycles. The van der Waals surface area contributed by atoms with Gasteiger partial charge in [0, 0.05) is 6.54 Å². The summed E-state index contributed by atoms with van der Waals surface area (Å²) in [4.78, 5) is 12.3. The van der Waals surface area contributed by atoms with E-state index in [1.807, 2.05) is 6.07 Å². The minimum absolute atomic E-state index is 0. The van der Waals surface area contributed by atoms with Gasteiger partial charge in [-0.2, -0.15) is 13.2 Å². The smallest absolute Gasteiger partial charge is 0.422 e. The van der Waals surface area contributed by atoms with E-state index < -0.39 is 18.3 Å². The number of hydrogen-bond donors (Lipinski definition) is 2. The molecule has 4 nitrogen and oxygen atoms in total. The lowest BCUT2D eigenvalue weighted by molar-refractivity contribution is -0.153. The Balaban J connectivity index is 0.00000338. The van der Waals surface area contributed by atoms with Crippen LogP contribution in [0.5, 0.6) is 5.75 Å². The van der Waals surface area contributed by atoms with Crippen LogP contribution >= 0.6 is 12.4 Å². The molecule has 2 rings (SSSR count). The molecule has 2 aromatic carbocycles. The van der Waals surface area contributed by atoms with Crippen LogP contribution in [0.4, 0.5) is 13.2 Å². The van der Waals surface area contributed by atoms with Crippen molar-refractivity contribution >= 4 is 18.3 Å². The number of benzene rings is 2. The van der Waals surface area contributed by atoms with Crippen molar-refractivity contribution in [3.05, 3.63) is 65.7 Å². The average Bonchev–Trinajstić information content (AvgIpc) is 2.58. The number of halogens is 4. The number of nitrogens with two attached hydrogens (primary N) is 1. The lowest BCUT2D eigenvalue weighted by atomic mass is 9.92. The van der Waals surface area contributed by atoms with Gasteiger partial charge in [0.2, 0.25) is 5.91 Å². The molecule has 8 heteroatoms. The molecule has 0 spiro atoms. The third-order valence-corrected chi connectivity index (χ3v) is 3.62. The SMILES string of the molecule is CC(N)(C(=O)NCc1ccc(OCC(F)(F)F)cc1)c1ccccc1.Cl. The van der Waals surface area contributed by atoms with E-state index in [9.17, 15) is 18.0 Å². The zero-order valence-corrected chi connectivity index (χ0v) is 14.9. The highest BCUT2D eigenvalue weighted by Crippen LogP contribution is 2.20. The molecular weight excluding hydrogens is 369 g/mol. The van der Waals surface area contributed by atoms with Crippen molar-refractivity contribution in [3.8, 4) is 5.75 Å². The molecule has 0 aliphatic heterocycles. The number of ether oxygens (including phenoxy) is 1. The molecule has 0 aromatic heterocycles. The summed E-state index contributed by atoms with van der Waals surface area (Å²) in [5.41, 5.74) is 6.33. The summed E-state index contributed by atoms with van der Waals surface area (Å²) in [7, 11) is 0. The predicted octanol–water partition coefficient (Wildman–Crippen LogP) is 3.54. The summed E-state index contributed by atoms with van der Waals surface area (Å²) in [5.74, 6) is -0.239. The third kappa shape index (κ3) is 6.24. The second-order valence-corrected chi connectivity index (χ2v) is 5.80. The molecule has 1 atom stereocenters. The second kappa shape index (κ2) is 8.91. The first-order valence-corrected chi connectivity index (χ1v) is 7.60. The van der Waals surface area contributed by atoms with Crippen LogP contribution in [-0.4, -0.2) is 18.7 Å². The molecule has 0 aliphatic carbocycles.